The van der Waals surface area contributed by atoms with Gasteiger partial charge in [0.25, 0.3) is 0 Å². The summed E-state index contributed by atoms with van der Waals surface area (Å²) in [4.78, 5) is 0. The second-order valence-corrected chi connectivity index (χ2v) is 2.85. The van der Waals surface area contributed by atoms with Gasteiger partial charge >= 0.3 is 0 Å². The fourth-order valence-electron chi connectivity index (χ4n) is 0.938. The fourth-order valence-corrected chi connectivity index (χ4v) is 1.60. The van der Waals surface area contributed by atoms with Crippen LogP contribution in [-0.4, -0.2) is 4.57 Å². The molecule has 0 aliphatic carbocycles. The third-order valence-electron chi connectivity index (χ3n) is 1.46. The molecule has 0 unspecified atom stereocenters. The Morgan fingerprint density at radius 3 is 2.44 bits per heavy atom. The molecule has 0 aliphatic rings. The van der Waals surface area contributed by atoms with E-state index in [1.165, 1.54) is 10.3 Å². The van der Waals surface area contributed by atoms with Crippen LogP contribution in [0.25, 0.3) is 0 Å². The van der Waals surface area contributed by atoms with Gasteiger partial charge in [0.1, 0.15) is 0 Å². The number of hydrogen-bond acceptors (Lipinski definition) is 0. The predicted octanol–water partition coefficient (Wildman–Crippen LogP) is 2.58. The Balaban J connectivity index is 3.07. The molecule has 0 aliphatic heterocycles. The Bertz CT molecular complexity index is 183. The van der Waals surface area contributed by atoms with E-state index in [0.29, 0.717) is 0 Å². The molecule has 0 aromatic carbocycles. The molecule has 0 saturated heterocycles. The van der Waals surface area contributed by atoms with Gasteiger partial charge in [-0.15, -0.1) is 0 Å². The first-order valence-corrected chi connectivity index (χ1v) is 3.86. The lowest BCUT2D eigenvalue weighted by atomic mass is 10.5. The van der Waals surface area contributed by atoms with Crippen molar-refractivity contribution in [1.82, 2.24) is 4.57 Å². The number of halogens is 1. The third-order valence-corrected chi connectivity index (χ3v) is 2.15. The van der Waals surface area contributed by atoms with Gasteiger partial charge in [0.05, 0.1) is 4.60 Å². The highest BCUT2D eigenvalue weighted by Crippen LogP contribution is 2.13. The van der Waals surface area contributed by atoms with Crippen LogP contribution in [0.15, 0.2) is 16.7 Å². The van der Waals surface area contributed by atoms with Gasteiger partial charge in [-0.1, -0.05) is 0 Å². The molecular formula is C7H10BrN. The second kappa shape index (κ2) is 2.56. The van der Waals surface area contributed by atoms with Crippen LogP contribution in [0.2, 0.25) is 0 Å². The first kappa shape index (κ1) is 6.87. The minimum Gasteiger partial charge on any atom is -0.340 e. The molecule has 1 aromatic rings. The Labute approximate surface area is 63.8 Å². The molecule has 9 heavy (non-hydrogen) atoms. The molecule has 1 aromatic heterocycles. The Morgan fingerprint density at radius 1 is 1.56 bits per heavy atom. The highest BCUT2D eigenvalue weighted by molar-refractivity contribution is 9.10. The maximum Gasteiger partial charge on any atom is 0.0848 e. The zero-order valence-corrected chi connectivity index (χ0v) is 7.27. The SMILES string of the molecule is CCn1c(C)ccc1Br. The first-order valence-electron chi connectivity index (χ1n) is 3.07. The zero-order chi connectivity index (χ0) is 6.85. The van der Waals surface area contributed by atoms with Crippen LogP contribution in [-0.2, 0) is 6.54 Å². The van der Waals surface area contributed by atoms with Crippen LogP contribution in [0.1, 0.15) is 12.6 Å². The summed E-state index contributed by atoms with van der Waals surface area (Å²) >= 11 is 3.44. The van der Waals surface area contributed by atoms with Crippen LogP contribution in [0.4, 0.5) is 0 Å². The van der Waals surface area contributed by atoms with E-state index in [1.807, 2.05) is 0 Å². The Hall–Kier alpha value is -0.240. The average Bonchev–Trinajstić information content (AvgIpc) is 2.12. The molecule has 0 N–H and O–H groups in total. The van der Waals surface area contributed by atoms with Crippen molar-refractivity contribution in [3.63, 3.8) is 0 Å². The highest BCUT2D eigenvalue weighted by Gasteiger charge is 1.96. The molecule has 0 bridgehead atoms. The average molecular weight is 188 g/mol. The number of hydrogen-bond donors (Lipinski definition) is 0. The van der Waals surface area contributed by atoms with Crippen molar-refractivity contribution in [3.8, 4) is 0 Å². The fraction of sp³-hybridized carbons (Fsp3) is 0.429. The lowest BCUT2D eigenvalue weighted by Crippen LogP contribution is -1.95. The molecule has 0 spiro atoms. The number of rotatable bonds is 1. The summed E-state index contributed by atoms with van der Waals surface area (Å²) in [6.45, 7) is 5.28. The molecule has 0 radical (unpaired) electrons. The van der Waals surface area contributed by atoms with Crippen LogP contribution in [0.3, 0.4) is 0 Å². The topological polar surface area (TPSA) is 4.93 Å². The maximum absolute atomic E-state index is 3.44. The molecule has 0 saturated carbocycles. The van der Waals surface area contributed by atoms with Gasteiger partial charge < -0.3 is 4.57 Å². The van der Waals surface area contributed by atoms with E-state index in [2.05, 4.69) is 46.5 Å². The van der Waals surface area contributed by atoms with E-state index in [-0.39, 0.29) is 0 Å². The van der Waals surface area contributed by atoms with Gasteiger partial charge in [0.15, 0.2) is 0 Å². The molecule has 1 nitrogen and oxygen atoms in total. The van der Waals surface area contributed by atoms with Gasteiger partial charge in [-0.2, -0.15) is 0 Å². The lowest BCUT2D eigenvalue weighted by Gasteiger charge is -2.01. The quantitative estimate of drug-likeness (QED) is 0.638. The maximum atomic E-state index is 3.44. The smallest absolute Gasteiger partial charge is 0.0848 e. The van der Waals surface area contributed by atoms with Gasteiger partial charge in [-0.3, -0.25) is 0 Å². The Kier molecular flexibility index (Phi) is 1.96. The Morgan fingerprint density at radius 2 is 2.22 bits per heavy atom. The van der Waals surface area contributed by atoms with E-state index in [0.717, 1.165) is 6.54 Å². The molecule has 1 heterocycles. The van der Waals surface area contributed by atoms with Crippen molar-refractivity contribution >= 4 is 15.9 Å². The van der Waals surface area contributed by atoms with Crippen molar-refractivity contribution in [2.75, 3.05) is 0 Å². The lowest BCUT2D eigenvalue weighted by molar-refractivity contribution is 0.727. The minimum atomic E-state index is 1.04. The first-order chi connectivity index (χ1) is 4.25. The molecule has 2 heteroatoms. The standard InChI is InChI=1S/C7H10BrN/c1-3-9-6(2)4-5-7(9)8/h4-5H,3H2,1-2H3. The van der Waals surface area contributed by atoms with E-state index in [9.17, 15) is 0 Å². The minimum absolute atomic E-state index is 1.04. The van der Waals surface area contributed by atoms with Gasteiger partial charge in [-0.05, 0) is 41.9 Å². The van der Waals surface area contributed by atoms with Gasteiger partial charge in [0, 0.05) is 12.2 Å². The monoisotopic (exact) mass is 187 g/mol. The van der Waals surface area contributed by atoms with Crippen molar-refractivity contribution in [1.29, 1.82) is 0 Å². The zero-order valence-electron chi connectivity index (χ0n) is 5.69. The second-order valence-electron chi connectivity index (χ2n) is 2.04. The molecular weight excluding hydrogens is 178 g/mol. The molecule has 0 amide bonds. The van der Waals surface area contributed by atoms with Crippen LogP contribution < -0.4 is 0 Å². The molecule has 0 fully saturated rings. The summed E-state index contributed by atoms with van der Waals surface area (Å²) in [6, 6.07) is 4.17. The number of aromatic nitrogens is 1. The predicted molar refractivity (Wildman–Crippen MR) is 42.5 cm³/mol. The highest BCUT2D eigenvalue weighted by atomic mass is 79.9. The van der Waals surface area contributed by atoms with Crippen molar-refractivity contribution < 1.29 is 0 Å². The molecule has 0 atom stereocenters. The van der Waals surface area contributed by atoms with Crippen LogP contribution in [0.5, 0.6) is 0 Å². The normalized spacial score (nSPS) is 10.1. The van der Waals surface area contributed by atoms with Crippen LogP contribution >= 0.6 is 15.9 Å². The summed E-state index contributed by atoms with van der Waals surface area (Å²) in [7, 11) is 0. The third kappa shape index (κ3) is 1.18. The van der Waals surface area contributed by atoms with Gasteiger partial charge in [-0.25, -0.2) is 0 Å². The summed E-state index contributed by atoms with van der Waals surface area (Å²) < 4.78 is 3.38. The van der Waals surface area contributed by atoms with E-state index < -0.39 is 0 Å². The van der Waals surface area contributed by atoms with Gasteiger partial charge in [0.2, 0.25) is 0 Å². The summed E-state index contributed by atoms with van der Waals surface area (Å²) in [5.41, 5.74) is 1.31. The largest absolute Gasteiger partial charge is 0.340 e. The summed E-state index contributed by atoms with van der Waals surface area (Å²) in [6.07, 6.45) is 0. The van der Waals surface area contributed by atoms with Crippen molar-refractivity contribution in [2.24, 2.45) is 0 Å². The van der Waals surface area contributed by atoms with Crippen molar-refractivity contribution in [2.45, 2.75) is 20.4 Å². The summed E-state index contributed by atoms with van der Waals surface area (Å²) in [5, 5.41) is 0. The van der Waals surface area contributed by atoms with E-state index >= 15 is 0 Å². The van der Waals surface area contributed by atoms with E-state index in [4.69, 9.17) is 0 Å². The van der Waals surface area contributed by atoms with Crippen molar-refractivity contribution in [3.05, 3.63) is 22.4 Å². The summed E-state index contributed by atoms with van der Waals surface area (Å²) in [5.74, 6) is 0. The van der Waals surface area contributed by atoms with E-state index in [1.54, 1.807) is 0 Å². The number of nitrogens with zero attached hydrogens (tertiary/aromatic N) is 1. The van der Waals surface area contributed by atoms with Crippen LogP contribution in [0, 0.1) is 6.92 Å². The molecule has 1 rings (SSSR count). The molecule has 50 valence electrons. The number of aryl methyl sites for hydroxylation is 1.